The van der Waals surface area contributed by atoms with Crippen LogP contribution in [0.4, 0.5) is 0 Å². The predicted octanol–water partition coefficient (Wildman–Crippen LogP) is 6.59. The summed E-state index contributed by atoms with van der Waals surface area (Å²) in [5.74, 6) is -1.35. The molecule has 9 heteroatoms. The minimum atomic E-state index is -1.52. The largest absolute Gasteiger partial charge is 0.510 e. The first kappa shape index (κ1) is 31.2. The van der Waals surface area contributed by atoms with Crippen molar-refractivity contribution in [3.05, 3.63) is 104 Å². The molecule has 1 saturated heterocycles. The fraction of sp³-hybridized carbons (Fsp3) is 0.378. The summed E-state index contributed by atoms with van der Waals surface area (Å²) in [4.78, 5) is 41.2. The van der Waals surface area contributed by atoms with Crippen molar-refractivity contribution in [1.82, 2.24) is 5.32 Å². The van der Waals surface area contributed by atoms with E-state index in [9.17, 15) is 14.7 Å². The standard InChI is InChI=1S/C37H40N4O5/c1-10-21-17(3)24-14-26-19(5)23(12-13-30(42)45-8)33(40-26)32-34-31(35(43)37(32,7)36(44)46-9)20(6)27(41-34)16-29-22(11-2)18(4)25(39-29)15-28(21)38-24/h10,14-16,19,23,40,43H,1,11-13H2,2-9H3/t19-,23-,37-/m0/s1. The molecule has 3 atom stereocenters. The van der Waals surface area contributed by atoms with Gasteiger partial charge in [0.25, 0.3) is 0 Å². The van der Waals surface area contributed by atoms with Gasteiger partial charge in [-0.1, -0.05) is 26.5 Å². The smallest absolute Gasteiger partial charge is 0.323 e. The van der Waals surface area contributed by atoms with E-state index in [1.54, 1.807) is 6.92 Å². The molecule has 6 rings (SSSR count). The summed E-state index contributed by atoms with van der Waals surface area (Å²) in [7, 11) is 2.69. The van der Waals surface area contributed by atoms with Crippen LogP contribution in [0.3, 0.4) is 0 Å². The minimum absolute atomic E-state index is 0.0954. The van der Waals surface area contributed by atoms with E-state index in [4.69, 9.17) is 24.5 Å². The van der Waals surface area contributed by atoms with Gasteiger partial charge in [0, 0.05) is 46.4 Å². The van der Waals surface area contributed by atoms with E-state index < -0.39 is 11.4 Å². The molecule has 0 unspecified atom stereocenters. The molecule has 1 aliphatic carbocycles. The second kappa shape index (κ2) is 11.2. The van der Waals surface area contributed by atoms with Crippen LogP contribution in [0.5, 0.6) is 0 Å². The Kier molecular flexibility index (Phi) is 7.61. The van der Waals surface area contributed by atoms with Crippen molar-refractivity contribution in [2.45, 2.75) is 60.8 Å². The molecule has 9 nitrogen and oxygen atoms in total. The van der Waals surface area contributed by atoms with Gasteiger partial charge >= 0.3 is 11.9 Å². The summed E-state index contributed by atoms with van der Waals surface area (Å²) >= 11 is 0. The molecule has 2 N–H and O–H groups in total. The Labute approximate surface area is 269 Å². The van der Waals surface area contributed by atoms with Crippen molar-refractivity contribution >= 4 is 29.1 Å². The number of carbonyl (C=O) groups excluding carboxylic acids is 2. The highest BCUT2D eigenvalue weighted by Crippen LogP contribution is 2.54. The lowest BCUT2D eigenvalue weighted by Crippen LogP contribution is -2.35. The van der Waals surface area contributed by atoms with Gasteiger partial charge < -0.3 is 19.9 Å². The van der Waals surface area contributed by atoms with Crippen LogP contribution in [0.25, 0.3) is 0 Å². The number of hydrogen-bond acceptors (Lipinski definition) is 9. The average molecular weight is 621 g/mol. The van der Waals surface area contributed by atoms with Crippen molar-refractivity contribution in [3.63, 3.8) is 0 Å². The van der Waals surface area contributed by atoms with Gasteiger partial charge in [0.1, 0.15) is 5.76 Å². The van der Waals surface area contributed by atoms with Crippen LogP contribution in [0.1, 0.15) is 60.8 Å². The van der Waals surface area contributed by atoms with E-state index >= 15 is 0 Å². The van der Waals surface area contributed by atoms with E-state index in [2.05, 4.69) is 32.7 Å². The van der Waals surface area contributed by atoms with Gasteiger partial charge in [0.15, 0.2) is 5.41 Å². The number of aliphatic hydroxyl groups excluding tert-OH is 1. The number of rotatable bonds is 6. The normalized spacial score (nSPS) is 26.6. The van der Waals surface area contributed by atoms with Gasteiger partial charge in [-0.15, -0.1) is 0 Å². The van der Waals surface area contributed by atoms with Crippen LogP contribution < -0.4 is 5.32 Å². The maximum absolute atomic E-state index is 13.6. The Bertz CT molecular complexity index is 1880. The molecule has 0 aromatic rings. The molecule has 0 amide bonds. The SMILES string of the molecule is C=CC1=C(C)C2=NC1=CC1=NC(=CC3=C(C)C4=C(O)[C@@](C)(C(=O)OC)C(=C5NC(=C2)[C@@H](C)[C@@H]5CCC(=O)OC)C4=N3)C(CC)=C1C. The monoisotopic (exact) mass is 620 g/mol. The first-order valence-corrected chi connectivity index (χ1v) is 15.7. The second-order valence-electron chi connectivity index (χ2n) is 12.6. The van der Waals surface area contributed by atoms with Gasteiger partial charge in [-0.2, -0.15) is 0 Å². The van der Waals surface area contributed by atoms with Crippen LogP contribution in [0.2, 0.25) is 0 Å². The zero-order chi connectivity index (χ0) is 33.2. The Balaban J connectivity index is 1.69. The number of carbonyl (C=O) groups is 2. The number of methoxy groups -OCH3 is 2. The maximum atomic E-state index is 13.6. The molecule has 5 heterocycles. The zero-order valence-corrected chi connectivity index (χ0v) is 27.7. The number of aliphatic hydroxyl groups is 1. The lowest BCUT2D eigenvalue weighted by molar-refractivity contribution is -0.148. The maximum Gasteiger partial charge on any atom is 0.323 e. The number of fused-ring (bicyclic) bond motifs is 5. The van der Waals surface area contributed by atoms with Gasteiger partial charge in [-0.3, -0.25) is 9.59 Å². The lowest BCUT2D eigenvalue weighted by Gasteiger charge is -2.27. The molecular weight excluding hydrogens is 580 g/mol. The second-order valence-corrected chi connectivity index (χ2v) is 12.6. The predicted molar refractivity (Wildman–Crippen MR) is 179 cm³/mol. The number of aliphatic imine (C=N–C) groups is 3. The zero-order valence-electron chi connectivity index (χ0n) is 27.7. The van der Waals surface area contributed by atoms with Crippen molar-refractivity contribution < 1.29 is 24.2 Å². The highest BCUT2D eigenvalue weighted by molar-refractivity contribution is 6.25. The number of nitrogens with zero attached hydrogens (tertiary/aromatic N) is 3. The summed E-state index contributed by atoms with van der Waals surface area (Å²) in [5, 5.41) is 15.5. The summed E-state index contributed by atoms with van der Waals surface area (Å²) in [5.41, 5.74) is 10.4. The number of esters is 2. The fourth-order valence-corrected chi connectivity index (χ4v) is 7.45. The Morgan fingerprint density at radius 2 is 1.72 bits per heavy atom. The van der Waals surface area contributed by atoms with Crippen LogP contribution in [0, 0.1) is 17.3 Å². The van der Waals surface area contributed by atoms with Gasteiger partial charge in [0.05, 0.1) is 48.4 Å². The van der Waals surface area contributed by atoms with Crippen molar-refractivity contribution in [2.75, 3.05) is 14.2 Å². The summed E-state index contributed by atoms with van der Waals surface area (Å²) in [6, 6.07) is 0. The van der Waals surface area contributed by atoms with E-state index in [1.807, 2.05) is 38.2 Å². The van der Waals surface area contributed by atoms with Gasteiger partial charge in [0.2, 0.25) is 0 Å². The first-order valence-electron chi connectivity index (χ1n) is 15.7. The third kappa shape index (κ3) is 4.39. The summed E-state index contributed by atoms with van der Waals surface area (Å²) in [6.07, 6.45) is 9.24. The third-order valence-electron chi connectivity index (χ3n) is 10.3. The quantitative estimate of drug-likeness (QED) is 0.323. The molecule has 238 valence electrons. The number of allylic oxidation sites excluding steroid dienone is 11. The molecule has 8 bridgehead atoms. The van der Waals surface area contributed by atoms with Crippen molar-refractivity contribution in [2.24, 2.45) is 32.2 Å². The third-order valence-corrected chi connectivity index (χ3v) is 10.3. The lowest BCUT2D eigenvalue weighted by atomic mass is 9.78. The van der Waals surface area contributed by atoms with Gasteiger partial charge in [-0.05, 0) is 81.1 Å². The molecule has 5 aliphatic heterocycles. The number of nitrogens with one attached hydrogen (secondary N) is 1. The molecule has 46 heavy (non-hydrogen) atoms. The number of ether oxygens (including phenoxy) is 2. The number of hydrogen-bond donors (Lipinski definition) is 2. The summed E-state index contributed by atoms with van der Waals surface area (Å²) in [6.45, 7) is 16.0. The molecule has 0 radical (unpaired) electrons. The highest BCUT2D eigenvalue weighted by Gasteiger charge is 2.57. The van der Waals surface area contributed by atoms with Crippen molar-refractivity contribution in [3.8, 4) is 0 Å². The Morgan fingerprint density at radius 3 is 2.37 bits per heavy atom. The molecule has 1 fully saturated rings. The minimum Gasteiger partial charge on any atom is -0.510 e. The topological polar surface area (TPSA) is 122 Å². The van der Waals surface area contributed by atoms with E-state index in [-0.39, 0.29) is 30.0 Å². The molecular formula is C37H40N4O5. The Morgan fingerprint density at radius 1 is 1.02 bits per heavy atom. The van der Waals surface area contributed by atoms with Crippen LogP contribution in [0.15, 0.2) is 119 Å². The van der Waals surface area contributed by atoms with Crippen LogP contribution in [-0.2, 0) is 19.1 Å². The molecule has 0 saturated carbocycles. The van der Waals surface area contributed by atoms with Crippen LogP contribution >= 0.6 is 0 Å². The molecule has 6 aliphatic rings. The highest BCUT2D eigenvalue weighted by atomic mass is 16.5. The summed E-state index contributed by atoms with van der Waals surface area (Å²) < 4.78 is 10.3. The van der Waals surface area contributed by atoms with E-state index in [0.29, 0.717) is 29.0 Å². The van der Waals surface area contributed by atoms with Gasteiger partial charge in [-0.25, -0.2) is 15.0 Å². The van der Waals surface area contributed by atoms with E-state index in [1.165, 1.54) is 14.2 Å². The first-order chi connectivity index (χ1) is 21.9. The molecule has 0 aromatic heterocycles. The molecule has 0 spiro atoms. The average Bonchev–Trinajstić information content (AvgIpc) is 3.76. The fourth-order valence-electron chi connectivity index (χ4n) is 7.45. The van der Waals surface area contributed by atoms with Crippen LogP contribution in [-0.4, -0.2) is 48.4 Å². The molecule has 0 aromatic carbocycles. The van der Waals surface area contributed by atoms with Crippen molar-refractivity contribution in [1.29, 1.82) is 0 Å². The Hall–Kier alpha value is -4.79. The van der Waals surface area contributed by atoms with E-state index in [0.717, 1.165) is 68.5 Å².